The van der Waals surface area contributed by atoms with Crippen LogP contribution < -0.4 is 0 Å². The van der Waals surface area contributed by atoms with Crippen molar-refractivity contribution in [2.45, 2.75) is 37.5 Å². The molecule has 1 aromatic heterocycles. The maximum absolute atomic E-state index is 12.3. The van der Waals surface area contributed by atoms with Crippen LogP contribution in [0.5, 0.6) is 0 Å². The summed E-state index contributed by atoms with van der Waals surface area (Å²) < 4.78 is 5.27. The van der Waals surface area contributed by atoms with E-state index in [2.05, 4.69) is 29.2 Å². The number of rotatable bonds is 5. The Hall–Kier alpha value is -1.82. The third-order valence-corrected chi connectivity index (χ3v) is 4.91. The summed E-state index contributed by atoms with van der Waals surface area (Å²) in [6.07, 6.45) is 3.42. The molecule has 0 aliphatic carbocycles. The molecule has 0 unspecified atom stereocenters. The zero-order valence-electron chi connectivity index (χ0n) is 13.5. The Bertz CT molecular complexity index is 673. The van der Waals surface area contributed by atoms with Gasteiger partial charge in [0, 0.05) is 18.4 Å². The van der Waals surface area contributed by atoms with Crippen molar-refractivity contribution in [1.82, 2.24) is 15.0 Å². The Labute approximate surface area is 140 Å². The van der Waals surface area contributed by atoms with Gasteiger partial charge in [-0.1, -0.05) is 42.4 Å². The first-order valence-corrected chi connectivity index (χ1v) is 9.14. The van der Waals surface area contributed by atoms with Gasteiger partial charge in [0.25, 0.3) is 0 Å². The minimum atomic E-state index is -0.0305. The van der Waals surface area contributed by atoms with Crippen molar-refractivity contribution in [2.24, 2.45) is 0 Å². The summed E-state index contributed by atoms with van der Waals surface area (Å²) >= 11 is 1.65. The van der Waals surface area contributed by atoms with Gasteiger partial charge in [0.15, 0.2) is 5.82 Å². The molecule has 23 heavy (non-hydrogen) atoms. The van der Waals surface area contributed by atoms with Crippen LogP contribution in [0, 0.1) is 0 Å². The van der Waals surface area contributed by atoms with Gasteiger partial charge in [-0.15, -0.1) is 0 Å². The van der Waals surface area contributed by atoms with Crippen LogP contribution in [-0.2, 0) is 22.5 Å². The van der Waals surface area contributed by atoms with Gasteiger partial charge in [-0.25, -0.2) is 0 Å². The van der Waals surface area contributed by atoms with Gasteiger partial charge in [-0.2, -0.15) is 16.7 Å². The fourth-order valence-electron chi connectivity index (χ4n) is 3.06. The Morgan fingerprint density at radius 1 is 1.35 bits per heavy atom. The molecule has 1 amide bonds. The minimum Gasteiger partial charge on any atom is -0.337 e. The number of carbonyl (C=O) groups excluding carboxylic acids is 1. The van der Waals surface area contributed by atoms with Crippen LogP contribution in [-0.4, -0.2) is 33.7 Å². The molecule has 2 heterocycles. The zero-order chi connectivity index (χ0) is 16.3. The highest BCUT2D eigenvalue weighted by atomic mass is 32.2. The molecular formula is C17H21N3O2S. The van der Waals surface area contributed by atoms with Crippen molar-refractivity contribution in [3.63, 3.8) is 0 Å². The maximum Gasteiger partial charge on any atom is 0.246 e. The van der Waals surface area contributed by atoms with Gasteiger partial charge in [-0.3, -0.25) is 4.79 Å². The van der Waals surface area contributed by atoms with Crippen LogP contribution in [0.1, 0.15) is 37.0 Å². The summed E-state index contributed by atoms with van der Waals surface area (Å²) in [5.41, 5.74) is 1.24. The summed E-state index contributed by atoms with van der Waals surface area (Å²) in [5, 5.41) is 3.95. The van der Waals surface area contributed by atoms with Crippen LogP contribution in [0.15, 0.2) is 34.9 Å². The molecule has 1 aliphatic rings. The van der Waals surface area contributed by atoms with Crippen molar-refractivity contribution in [2.75, 3.05) is 12.8 Å². The molecule has 1 atom stereocenters. The number of thioether (sulfide) groups is 1. The van der Waals surface area contributed by atoms with E-state index >= 15 is 0 Å². The molecule has 2 aromatic rings. The second-order valence-electron chi connectivity index (χ2n) is 6.21. The summed E-state index contributed by atoms with van der Waals surface area (Å²) in [6, 6.07) is 10.4. The molecule has 0 N–H and O–H groups in total. The van der Waals surface area contributed by atoms with E-state index in [0.29, 0.717) is 31.2 Å². The van der Waals surface area contributed by atoms with Gasteiger partial charge in [-0.05, 0) is 18.2 Å². The molecule has 0 spiro atoms. The fraction of sp³-hybridized carbons (Fsp3) is 0.471. The van der Waals surface area contributed by atoms with Crippen molar-refractivity contribution in [3.8, 4) is 0 Å². The van der Waals surface area contributed by atoms with Gasteiger partial charge in [0.1, 0.15) is 6.54 Å². The number of aromatic nitrogens is 2. The van der Waals surface area contributed by atoms with Crippen LogP contribution in [0.25, 0.3) is 0 Å². The Morgan fingerprint density at radius 2 is 2.13 bits per heavy atom. The maximum atomic E-state index is 12.3. The second-order valence-corrected chi connectivity index (χ2v) is 7.08. The average Bonchev–Trinajstić information content (AvgIpc) is 3.00. The average molecular weight is 331 g/mol. The summed E-state index contributed by atoms with van der Waals surface area (Å²) in [6.45, 7) is 3.29. The number of amides is 1. The largest absolute Gasteiger partial charge is 0.337 e. The van der Waals surface area contributed by atoms with Crippen LogP contribution in [0.4, 0.5) is 0 Å². The number of piperidine rings is 1. The van der Waals surface area contributed by atoms with E-state index in [9.17, 15) is 4.79 Å². The van der Waals surface area contributed by atoms with Crippen molar-refractivity contribution >= 4 is 17.7 Å². The lowest BCUT2D eigenvalue weighted by molar-refractivity contribution is -0.136. The predicted molar refractivity (Wildman–Crippen MR) is 90.0 cm³/mol. The molecule has 1 aliphatic heterocycles. The third-order valence-electron chi connectivity index (χ3n) is 4.36. The summed E-state index contributed by atoms with van der Waals surface area (Å²) in [4.78, 5) is 18.5. The van der Waals surface area contributed by atoms with Crippen molar-refractivity contribution in [1.29, 1.82) is 0 Å². The number of carbonyl (C=O) groups is 1. The molecule has 0 bridgehead atoms. The molecule has 5 nitrogen and oxygen atoms in total. The first kappa shape index (κ1) is 16.1. The monoisotopic (exact) mass is 331 g/mol. The Morgan fingerprint density at radius 3 is 2.87 bits per heavy atom. The van der Waals surface area contributed by atoms with Crippen LogP contribution in [0.3, 0.4) is 0 Å². The quantitative estimate of drug-likeness (QED) is 0.843. The minimum absolute atomic E-state index is 0.0305. The molecular weight excluding hydrogens is 310 g/mol. The van der Waals surface area contributed by atoms with E-state index in [-0.39, 0.29) is 11.3 Å². The number of hydrogen-bond donors (Lipinski definition) is 0. The summed E-state index contributed by atoms with van der Waals surface area (Å²) in [5.74, 6) is 2.07. The highest BCUT2D eigenvalue weighted by molar-refractivity contribution is 7.97. The smallest absolute Gasteiger partial charge is 0.246 e. The number of nitrogens with zero attached hydrogens (tertiary/aromatic N) is 3. The predicted octanol–water partition coefficient (Wildman–Crippen LogP) is 3.01. The molecule has 1 fully saturated rings. The lowest BCUT2D eigenvalue weighted by atomic mass is 9.76. The van der Waals surface area contributed by atoms with Crippen molar-refractivity contribution in [3.05, 3.63) is 47.6 Å². The SMILES string of the molecule is CSCc1noc(CN2C[C@](C)(c3ccccc3)CCC2=O)n1. The van der Waals surface area contributed by atoms with Gasteiger partial charge >= 0.3 is 0 Å². The second kappa shape index (κ2) is 6.74. The fourth-order valence-corrected chi connectivity index (χ4v) is 3.43. The van der Waals surface area contributed by atoms with E-state index in [0.717, 1.165) is 12.2 Å². The molecule has 122 valence electrons. The normalized spacial score (nSPS) is 21.7. The number of likely N-dealkylation sites (tertiary alicyclic amines) is 1. The molecule has 3 rings (SSSR count). The Balaban J connectivity index is 1.74. The highest BCUT2D eigenvalue weighted by Crippen LogP contribution is 2.34. The zero-order valence-corrected chi connectivity index (χ0v) is 14.3. The van der Waals surface area contributed by atoms with Gasteiger partial charge < -0.3 is 9.42 Å². The lowest BCUT2D eigenvalue weighted by Gasteiger charge is -2.40. The van der Waals surface area contributed by atoms with E-state index < -0.39 is 0 Å². The van der Waals surface area contributed by atoms with Gasteiger partial charge in [0.05, 0.1) is 5.75 Å². The van der Waals surface area contributed by atoms with Gasteiger partial charge in [0.2, 0.25) is 11.8 Å². The van der Waals surface area contributed by atoms with E-state index in [1.54, 1.807) is 11.8 Å². The standard InChI is InChI=1S/C17H21N3O2S/c1-17(13-6-4-3-5-7-13)9-8-16(21)20(12-17)10-15-18-14(11-23-2)19-22-15/h3-7H,8-12H2,1-2H3/t17-/m1/s1. The van der Waals surface area contributed by atoms with E-state index in [4.69, 9.17) is 4.52 Å². The lowest BCUT2D eigenvalue weighted by Crippen LogP contribution is -2.47. The van der Waals surface area contributed by atoms with E-state index in [1.165, 1.54) is 5.56 Å². The van der Waals surface area contributed by atoms with Crippen LogP contribution >= 0.6 is 11.8 Å². The Kier molecular flexibility index (Phi) is 4.71. The van der Waals surface area contributed by atoms with Crippen LogP contribution in [0.2, 0.25) is 0 Å². The molecule has 1 saturated heterocycles. The van der Waals surface area contributed by atoms with Crippen molar-refractivity contribution < 1.29 is 9.32 Å². The third kappa shape index (κ3) is 3.58. The summed E-state index contributed by atoms with van der Waals surface area (Å²) in [7, 11) is 0. The highest BCUT2D eigenvalue weighted by Gasteiger charge is 2.36. The number of hydrogen-bond acceptors (Lipinski definition) is 5. The topological polar surface area (TPSA) is 59.2 Å². The first-order valence-electron chi connectivity index (χ1n) is 7.74. The molecule has 6 heteroatoms. The molecule has 0 saturated carbocycles. The van der Waals surface area contributed by atoms with E-state index in [1.807, 2.05) is 29.4 Å². The number of benzene rings is 1. The first-order chi connectivity index (χ1) is 11.1. The molecule has 1 aromatic carbocycles. The molecule has 0 radical (unpaired) electrons.